The summed E-state index contributed by atoms with van der Waals surface area (Å²) in [5, 5.41) is 8.45. The van der Waals surface area contributed by atoms with Crippen LogP contribution < -0.4 is 0 Å². The fourth-order valence-corrected chi connectivity index (χ4v) is 2.99. The zero-order valence-electron chi connectivity index (χ0n) is 16.0. The van der Waals surface area contributed by atoms with Crippen molar-refractivity contribution < 1.29 is 13.1 Å². The van der Waals surface area contributed by atoms with E-state index in [0.29, 0.717) is 0 Å². The number of nitrogens with zero attached hydrogens (tertiary/aromatic N) is 2. The average molecular weight is 439 g/mol. The van der Waals surface area contributed by atoms with Gasteiger partial charge in [0.25, 0.3) is 0 Å². The molecule has 2 rings (SSSR count). The molecule has 1 fully saturated rings. The van der Waals surface area contributed by atoms with Crippen LogP contribution in [0.5, 0.6) is 0 Å². The summed E-state index contributed by atoms with van der Waals surface area (Å²) in [5.41, 5.74) is 1.47. The second-order valence-electron chi connectivity index (χ2n) is 6.57. The number of hydrogen-bond donors (Lipinski definition) is 0. The molecule has 2 aliphatic rings. The van der Waals surface area contributed by atoms with Crippen LogP contribution >= 0.6 is 20.2 Å². The Morgan fingerprint density at radius 3 is 2.24 bits per heavy atom. The Morgan fingerprint density at radius 2 is 1.68 bits per heavy atom. The number of piperidine rings is 1. The van der Waals surface area contributed by atoms with Crippen LogP contribution in [0.4, 0.5) is 0 Å². The first kappa shape index (κ1) is 25.3. The summed E-state index contributed by atoms with van der Waals surface area (Å²) in [6.07, 6.45) is 19.9. The Labute approximate surface area is 171 Å². The third kappa shape index (κ3) is 17.5. The van der Waals surface area contributed by atoms with E-state index < -0.39 is 0 Å². The number of rotatable bonds is 8. The van der Waals surface area contributed by atoms with Crippen molar-refractivity contribution in [2.45, 2.75) is 78.1 Å². The first-order valence-corrected chi connectivity index (χ1v) is 12.3. The minimum absolute atomic E-state index is 0.757. The standard InChI is InChI=1S/C10H20N.C10H16N.2ClH.Cu/c2*1-2-3-4-5-10-6-8-11-9-7-10;;;/h10H,2-9H2,1H3;6-8H,2-5,9H2,1H3;2*1H;/q2*-1;;;+2/p-2. The van der Waals surface area contributed by atoms with E-state index in [0.717, 1.165) is 38.7 Å². The van der Waals surface area contributed by atoms with Crippen LogP contribution in [-0.2, 0) is 13.1 Å². The first-order valence-electron chi connectivity index (χ1n) is 9.75. The molecule has 0 amide bonds. The summed E-state index contributed by atoms with van der Waals surface area (Å²) in [5.74, 6) is 1.01. The SMILES string of the molecule is CCCCCC1=CC[N-]C=C1.CCCCCC1CC[N-]CC1.[Cl][Cu][Cl]. The van der Waals surface area contributed by atoms with E-state index in [1.54, 1.807) is 0 Å². The molecule has 5 heteroatoms. The van der Waals surface area contributed by atoms with Crippen LogP contribution in [0, 0.1) is 5.92 Å². The molecule has 2 heterocycles. The molecule has 0 aliphatic carbocycles. The second-order valence-corrected chi connectivity index (χ2v) is 8.13. The molecule has 0 spiro atoms. The summed E-state index contributed by atoms with van der Waals surface area (Å²) in [4.78, 5) is 0. The van der Waals surface area contributed by atoms with E-state index in [-0.39, 0.29) is 0 Å². The molecular formula is C20H36Cl2CuN2-2. The van der Waals surface area contributed by atoms with Crippen molar-refractivity contribution in [3.8, 4) is 0 Å². The third-order valence-electron chi connectivity index (χ3n) is 4.53. The van der Waals surface area contributed by atoms with E-state index in [4.69, 9.17) is 0 Å². The van der Waals surface area contributed by atoms with Crippen molar-refractivity contribution in [2.24, 2.45) is 5.92 Å². The van der Waals surface area contributed by atoms with Gasteiger partial charge in [-0.05, 0) is 18.8 Å². The molecule has 153 valence electrons. The van der Waals surface area contributed by atoms with E-state index in [9.17, 15) is 0 Å². The van der Waals surface area contributed by atoms with Gasteiger partial charge < -0.3 is 10.6 Å². The molecule has 2 aliphatic heterocycles. The van der Waals surface area contributed by atoms with Crippen LogP contribution in [-0.4, -0.2) is 19.6 Å². The van der Waals surface area contributed by atoms with Crippen LogP contribution in [0.2, 0.25) is 0 Å². The molecule has 0 radical (unpaired) electrons. The van der Waals surface area contributed by atoms with Gasteiger partial charge in [0.05, 0.1) is 0 Å². The van der Waals surface area contributed by atoms with Crippen LogP contribution in [0.15, 0.2) is 23.9 Å². The summed E-state index contributed by atoms with van der Waals surface area (Å²) >= 11 is 0.757. The van der Waals surface area contributed by atoms with Gasteiger partial charge in [-0.2, -0.15) is 6.20 Å². The molecule has 0 saturated carbocycles. The van der Waals surface area contributed by atoms with Gasteiger partial charge in [-0.1, -0.05) is 82.9 Å². The zero-order chi connectivity index (χ0) is 18.6. The van der Waals surface area contributed by atoms with Gasteiger partial charge in [0, 0.05) is 0 Å². The van der Waals surface area contributed by atoms with Crippen molar-refractivity contribution in [3.05, 3.63) is 34.6 Å². The number of halogens is 2. The van der Waals surface area contributed by atoms with Gasteiger partial charge in [0.2, 0.25) is 0 Å². The van der Waals surface area contributed by atoms with E-state index in [1.807, 2.05) is 6.20 Å². The topological polar surface area (TPSA) is 28.2 Å². The van der Waals surface area contributed by atoms with Gasteiger partial charge in [-0.25, -0.2) is 0 Å². The monoisotopic (exact) mass is 437 g/mol. The Kier molecular flexibility index (Phi) is 20.9. The summed E-state index contributed by atoms with van der Waals surface area (Å²) in [6, 6.07) is 0. The maximum absolute atomic E-state index is 4.67. The van der Waals surface area contributed by atoms with Crippen LogP contribution in [0.1, 0.15) is 78.1 Å². The predicted molar refractivity (Wildman–Crippen MR) is 111 cm³/mol. The molecule has 2 nitrogen and oxygen atoms in total. The number of hydrogen-bond acceptors (Lipinski definition) is 0. The van der Waals surface area contributed by atoms with Crippen molar-refractivity contribution in [2.75, 3.05) is 19.6 Å². The Morgan fingerprint density at radius 1 is 1.04 bits per heavy atom. The summed E-state index contributed by atoms with van der Waals surface area (Å²) < 4.78 is 0. The number of unbranched alkanes of at least 4 members (excludes halogenated alkanes) is 4. The summed E-state index contributed by atoms with van der Waals surface area (Å²) in [6.45, 7) is 7.67. The number of allylic oxidation sites excluding steroid dienone is 2. The van der Waals surface area contributed by atoms with E-state index >= 15 is 0 Å². The zero-order valence-corrected chi connectivity index (χ0v) is 18.4. The van der Waals surface area contributed by atoms with Crippen molar-refractivity contribution >= 4 is 20.2 Å². The van der Waals surface area contributed by atoms with Gasteiger partial charge in [0.15, 0.2) is 0 Å². The van der Waals surface area contributed by atoms with Gasteiger partial charge in [-0.3, -0.25) is 0 Å². The fraction of sp³-hybridized carbons (Fsp3) is 0.800. The molecule has 25 heavy (non-hydrogen) atoms. The first-order chi connectivity index (χ1) is 12.3. The Hall–Kier alpha value is 0.339. The molecule has 0 bridgehead atoms. The van der Waals surface area contributed by atoms with Crippen molar-refractivity contribution in [1.29, 1.82) is 0 Å². The van der Waals surface area contributed by atoms with Gasteiger partial charge in [0.1, 0.15) is 0 Å². The average Bonchev–Trinajstić information content (AvgIpc) is 2.65. The van der Waals surface area contributed by atoms with Crippen LogP contribution in [0.3, 0.4) is 0 Å². The Bertz CT molecular complexity index is 330. The quantitative estimate of drug-likeness (QED) is 0.270. The molecule has 0 N–H and O–H groups in total. The normalized spacial score (nSPS) is 16.9. The van der Waals surface area contributed by atoms with Gasteiger partial charge >= 0.3 is 33.3 Å². The predicted octanol–water partition coefficient (Wildman–Crippen LogP) is 8.12. The van der Waals surface area contributed by atoms with Gasteiger partial charge in [-0.15, -0.1) is 19.6 Å². The molecule has 1 saturated heterocycles. The van der Waals surface area contributed by atoms with Crippen LogP contribution in [0.25, 0.3) is 10.6 Å². The second kappa shape index (κ2) is 20.6. The fourth-order valence-electron chi connectivity index (χ4n) is 2.99. The van der Waals surface area contributed by atoms with Crippen molar-refractivity contribution in [3.63, 3.8) is 0 Å². The molecule has 0 atom stereocenters. The van der Waals surface area contributed by atoms with E-state index in [1.165, 1.54) is 69.8 Å². The molecule has 0 unspecified atom stereocenters. The maximum atomic E-state index is 4.67. The molecule has 0 aromatic carbocycles. The van der Waals surface area contributed by atoms with E-state index in [2.05, 4.69) is 56.8 Å². The molecule has 0 aromatic rings. The molecule has 0 aromatic heterocycles. The molecular weight excluding hydrogens is 403 g/mol. The summed E-state index contributed by atoms with van der Waals surface area (Å²) in [7, 11) is 9.34. The van der Waals surface area contributed by atoms with Crippen molar-refractivity contribution in [1.82, 2.24) is 0 Å². The minimum atomic E-state index is 0.757. The Balaban J connectivity index is 0.000000399. The third-order valence-corrected chi connectivity index (χ3v) is 4.53.